The fourth-order valence-electron chi connectivity index (χ4n) is 2.89. The van der Waals surface area contributed by atoms with Crippen LogP contribution in [0.1, 0.15) is 24.0 Å². The lowest BCUT2D eigenvalue weighted by molar-refractivity contribution is 0.275. The van der Waals surface area contributed by atoms with Crippen LogP contribution < -0.4 is 5.32 Å². The molecule has 0 saturated carbocycles. The highest BCUT2D eigenvalue weighted by molar-refractivity contribution is 5.45. The molecule has 1 spiro atoms. The van der Waals surface area contributed by atoms with E-state index in [-0.39, 0.29) is 0 Å². The largest absolute Gasteiger partial charge is 0.316 e. The molecule has 0 amide bonds. The maximum Gasteiger partial charge on any atom is 0.0121 e. The van der Waals surface area contributed by atoms with Gasteiger partial charge in [0.2, 0.25) is 0 Å². The second kappa shape index (κ2) is 2.58. The van der Waals surface area contributed by atoms with Gasteiger partial charge in [-0.3, -0.25) is 0 Å². The van der Waals surface area contributed by atoms with Gasteiger partial charge in [0.15, 0.2) is 0 Å². The summed E-state index contributed by atoms with van der Waals surface area (Å²) < 4.78 is 0. The van der Waals surface area contributed by atoms with Gasteiger partial charge >= 0.3 is 0 Å². The summed E-state index contributed by atoms with van der Waals surface area (Å²) >= 11 is 0. The summed E-state index contributed by atoms with van der Waals surface area (Å²) in [6, 6.07) is 8.91. The number of benzene rings is 1. The standard InChI is InChI=1S/C12H15N/c1-2-5-11-10(4-1)8-12(11)6-3-7-13-9-12/h1-2,4-5,13H,3,6-9H2. The Hall–Kier alpha value is -0.820. The molecule has 0 bridgehead atoms. The molecule has 1 heterocycles. The van der Waals surface area contributed by atoms with Crippen molar-refractivity contribution >= 4 is 0 Å². The van der Waals surface area contributed by atoms with E-state index in [9.17, 15) is 0 Å². The minimum absolute atomic E-state index is 0.523. The molecule has 1 heteroatoms. The molecule has 0 radical (unpaired) electrons. The molecule has 1 N–H and O–H groups in total. The van der Waals surface area contributed by atoms with Crippen molar-refractivity contribution in [3.63, 3.8) is 0 Å². The van der Waals surface area contributed by atoms with Gasteiger partial charge in [-0.25, -0.2) is 0 Å². The van der Waals surface area contributed by atoms with Gasteiger partial charge in [-0.05, 0) is 36.9 Å². The summed E-state index contributed by atoms with van der Waals surface area (Å²) in [6.45, 7) is 2.41. The third-order valence-electron chi connectivity index (χ3n) is 3.59. The van der Waals surface area contributed by atoms with Gasteiger partial charge in [0.25, 0.3) is 0 Å². The fourth-order valence-corrected chi connectivity index (χ4v) is 2.89. The summed E-state index contributed by atoms with van der Waals surface area (Å²) in [5.41, 5.74) is 3.71. The molecule has 68 valence electrons. The van der Waals surface area contributed by atoms with Gasteiger partial charge in [-0.1, -0.05) is 24.3 Å². The second-order valence-electron chi connectivity index (χ2n) is 4.39. The summed E-state index contributed by atoms with van der Waals surface area (Å²) in [6.07, 6.45) is 4.03. The second-order valence-corrected chi connectivity index (χ2v) is 4.39. The molecule has 1 aromatic carbocycles. The molecule has 1 saturated heterocycles. The van der Waals surface area contributed by atoms with E-state index in [4.69, 9.17) is 0 Å². The van der Waals surface area contributed by atoms with E-state index in [0.717, 1.165) is 0 Å². The highest BCUT2D eigenvalue weighted by atomic mass is 14.9. The molecule has 3 rings (SSSR count). The smallest absolute Gasteiger partial charge is 0.0121 e. The Morgan fingerprint density at radius 2 is 2.15 bits per heavy atom. The fraction of sp³-hybridized carbons (Fsp3) is 0.500. The average Bonchev–Trinajstić information content (AvgIpc) is 2.18. The maximum absolute atomic E-state index is 3.52. The van der Waals surface area contributed by atoms with Crippen LogP contribution >= 0.6 is 0 Å². The molecule has 13 heavy (non-hydrogen) atoms. The van der Waals surface area contributed by atoms with Crippen molar-refractivity contribution in [3.05, 3.63) is 35.4 Å². The molecular formula is C12H15N. The van der Waals surface area contributed by atoms with Crippen LogP contribution in [0.25, 0.3) is 0 Å². The number of piperidine rings is 1. The lowest BCUT2D eigenvalue weighted by Crippen LogP contribution is -2.50. The first-order valence-corrected chi connectivity index (χ1v) is 5.20. The Bertz CT molecular complexity index is 324. The lowest BCUT2D eigenvalue weighted by atomic mass is 9.60. The predicted octanol–water partition coefficient (Wildman–Crippen LogP) is 1.86. The normalized spacial score (nSPS) is 31.1. The first kappa shape index (κ1) is 7.57. The number of rotatable bonds is 0. The Morgan fingerprint density at radius 1 is 1.23 bits per heavy atom. The summed E-state index contributed by atoms with van der Waals surface area (Å²) in [5, 5.41) is 3.52. The van der Waals surface area contributed by atoms with E-state index in [1.807, 2.05) is 0 Å². The Labute approximate surface area is 79.2 Å². The Balaban J connectivity index is 1.97. The quantitative estimate of drug-likeness (QED) is 0.631. The third kappa shape index (κ3) is 0.969. The molecule has 1 nitrogen and oxygen atoms in total. The number of fused-ring (bicyclic) bond motifs is 2. The van der Waals surface area contributed by atoms with Crippen LogP contribution in [0.3, 0.4) is 0 Å². The van der Waals surface area contributed by atoms with Gasteiger partial charge in [-0.2, -0.15) is 0 Å². The maximum atomic E-state index is 3.52. The Morgan fingerprint density at radius 3 is 2.92 bits per heavy atom. The monoisotopic (exact) mass is 173 g/mol. The summed E-state index contributed by atoms with van der Waals surface area (Å²) in [5.74, 6) is 0. The van der Waals surface area contributed by atoms with Gasteiger partial charge in [0.1, 0.15) is 0 Å². The molecule has 2 aliphatic rings. The van der Waals surface area contributed by atoms with Crippen LogP contribution in [0.4, 0.5) is 0 Å². The van der Waals surface area contributed by atoms with Gasteiger partial charge in [0.05, 0.1) is 0 Å². The van der Waals surface area contributed by atoms with E-state index in [2.05, 4.69) is 29.6 Å². The predicted molar refractivity (Wildman–Crippen MR) is 53.9 cm³/mol. The zero-order valence-electron chi connectivity index (χ0n) is 7.84. The molecule has 1 aliphatic carbocycles. The molecule has 1 atom stereocenters. The van der Waals surface area contributed by atoms with Crippen molar-refractivity contribution in [2.45, 2.75) is 24.7 Å². The van der Waals surface area contributed by atoms with Crippen LogP contribution in [0.15, 0.2) is 24.3 Å². The van der Waals surface area contributed by atoms with Gasteiger partial charge in [-0.15, -0.1) is 0 Å². The number of nitrogens with one attached hydrogen (secondary N) is 1. The number of hydrogen-bond acceptors (Lipinski definition) is 1. The zero-order valence-corrected chi connectivity index (χ0v) is 7.84. The number of hydrogen-bond donors (Lipinski definition) is 1. The van der Waals surface area contributed by atoms with E-state index in [1.165, 1.54) is 32.4 Å². The van der Waals surface area contributed by atoms with Crippen LogP contribution in [0, 0.1) is 0 Å². The van der Waals surface area contributed by atoms with Crippen LogP contribution in [0.2, 0.25) is 0 Å². The SMILES string of the molecule is c1ccc2c(c1)CC21CCCNC1. The lowest BCUT2D eigenvalue weighted by Gasteiger charge is -2.47. The van der Waals surface area contributed by atoms with Crippen molar-refractivity contribution in [3.8, 4) is 0 Å². The molecule has 0 aromatic heterocycles. The third-order valence-corrected chi connectivity index (χ3v) is 3.59. The minimum atomic E-state index is 0.523. The highest BCUT2D eigenvalue weighted by Crippen LogP contribution is 2.44. The molecule has 1 unspecified atom stereocenters. The summed E-state index contributed by atoms with van der Waals surface area (Å²) in [7, 11) is 0. The molecule has 1 aromatic rings. The van der Waals surface area contributed by atoms with Gasteiger partial charge in [0, 0.05) is 12.0 Å². The van der Waals surface area contributed by atoms with E-state index < -0.39 is 0 Å². The van der Waals surface area contributed by atoms with Crippen LogP contribution in [-0.4, -0.2) is 13.1 Å². The summed E-state index contributed by atoms with van der Waals surface area (Å²) in [4.78, 5) is 0. The van der Waals surface area contributed by atoms with Crippen LogP contribution in [0.5, 0.6) is 0 Å². The zero-order chi connectivity index (χ0) is 8.73. The van der Waals surface area contributed by atoms with E-state index in [0.29, 0.717) is 5.41 Å². The first-order valence-electron chi connectivity index (χ1n) is 5.20. The Kier molecular flexibility index (Phi) is 1.50. The first-order chi connectivity index (χ1) is 6.41. The van der Waals surface area contributed by atoms with Crippen molar-refractivity contribution in [1.29, 1.82) is 0 Å². The van der Waals surface area contributed by atoms with Gasteiger partial charge < -0.3 is 5.32 Å². The topological polar surface area (TPSA) is 12.0 Å². The molecular weight excluding hydrogens is 158 g/mol. The van der Waals surface area contributed by atoms with Crippen molar-refractivity contribution in [1.82, 2.24) is 5.32 Å². The van der Waals surface area contributed by atoms with Crippen molar-refractivity contribution in [2.24, 2.45) is 0 Å². The molecule has 1 aliphatic heterocycles. The highest BCUT2D eigenvalue weighted by Gasteiger charge is 2.42. The van der Waals surface area contributed by atoms with Crippen LogP contribution in [-0.2, 0) is 11.8 Å². The minimum Gasteiger partial charge on any atom is -0.316 e. The van der Waals surface area contributed by atoms with Crippen molar-refractivity contribution in [2.75, 3.05) is 13.1 Å². The van der Waals surface area contributed by atoms with Crippen molar-refractivity contribution < 1.29 is 0 Å². The molecule has 1 fully saturated rings. The van der Waals surface area contributed by atoms with E-state index in [1.54, 1.807) is 11.1 Å². The van der Waals surface area contributed by atoms with E-state index >= 15 is 0 Å². The average molecular weight is 173 g/mol.